The Morgan fingerprint density at radius 3 is 2.42 bits per heavy atom. The van der Waals surface area contributed by atoms with Gasteiger partial charge >= 0.3 is 0 Å². The van der Waals surface area contributed by atoms with Gasteiger partial charge in [0.2, 0.25) is 0 Å². The summed E-state index contributed by atoms with van der Waals surface area (Å²) in [6, 6.07) is 10.9. The van der Waals surface area contributed by atoms with Crippen molar-refractivity contribution in [3.63, 3.8) is 0 Å². The van der Waals surface area contributed by atoms with E-state index in [1.54, 1.807) is 25.3 Å². The van der Waals surface area contributed by atoms with Crippen molar-refractivity contribution < 1.29 is 14.3 Å². The number of methoxy groups -OCH3 is 1. The van der Waals surface area contributed by atoms with Crippen molar-refractivity contribution in [1.29, 1.82) is 0 Å². The Balaban J connectivity index is 0.00000338. The molecule has 0 saturated carbocycles. The van der Waals surface area contributed by atoms with Gasteiger partial charge < -0.3 is 20.7 Å². The fourth-order valence-corrected chi connectivity index (χ4v) is 2.76. The van der Waals surface area contributed by atoms with Crippen LogP contribution in [0.3, 0.4) is 0 Å². The zero-order valence-electron chi connectivity index (χ0n) is 14.6. The maximum absolute atomic E-state index is 12.0. The van der Waals surface area contributed by atoms with E-state index in [-0.39, 0.29) is 24.2 Å². The van der Waals surface area contributed by atoms with Crippen molar-refractivity contribution in [3.8, 4) is 0 Å². The van der Waals surface area contributed by atoms with Crippen molar-refractivity contribution in [1.82, 2.24) is 16.0 Å². The Morgan fingerprint density at radius 2 is 1.77 bits per heavy atom. The largest absolute Gasteiger partial charge is 0.383 e. The summed E-state index contributed by atoms with van der Waals surface area (Å²) in [5, 5.41) is 10.7. The molecule has 0 atom stereocenters. The van der Waals surface area contributed by atoms with E-state index >= 15 is 0 Å². The van der Waals surface area contributed by atoms with Gasteiger partial charge in [0.25, 0.3) is 11.8 Å². The molecule has 0 aliphatic rings. The van der Waals surface area contributed by atoms with E-state index in [1.165, 1.54) is 11.3 Å². The molecule has 0 aliphatic heterocycles. The van der Waals surface area contributed by atoms with Gasteiger partial charge in [0, 0.05) is 38.9 Å². The molecule has 6 nitrogen and oxygen atoms in total. The molecule has 3 N–H and O–H groups in total. The van der Waals surface area contributed by atoms with Crippen molar-refractivity contribution in [2.45, 2.75) is 6.54 Å². The first-order valence-corrected chi connectivity index (χ1v) is 8.97. The molecule has 0 bridgehead atoms. The molecular formula is C18H24ClN3O3S. The Bertz CT molecular complexity index is 663. The number of ether oxygens (including phenoxy) is 1. The van der Waals surface area contributed by atoms with E-state index in [0.29, 0.717) is 36.7 Å². The van der Waals surface area contributed by atoms with Crippen LogP contribution in [0.5, 0.6) is 0 Å². The van der Waals surface area contributed by atoms with Crippen molar-refractivity contribution in [2.75, 3.05) is 33.4 Å². The highest BCUT2D eigenvalue weighted by molar-refractivity contribution is 7.12. The van der Waals surface area contributed by atoms with Crippen LogP contribution in [-0.2, 0) is 11.3 Å². The number of carbonyl (C=O) groups is 2. The maximum atomic E-state index is 12.0. The number of hydrogen-bond donors (Lipinski definition) is 3. The third kappa shape index (κ3) is 7.53. The molecule has 0 saturated heterocycles. The highest BCUT2D eigenvalue weighted by atomic mass is 35.5. The van der Waals surface area contributed by atoms with Gasteiger partial charge in [0.15, 0.2) is 0 Å². The Morgan fingerprint density at radius 1 is 1.00 bits per heavy atom. The van der Waals surface area contributed by atoms with Crippen LogP contribution in [-0.4, -0.2) is 45.2 Å². The lowest BCUT2D eigenvalue weighted by Crippen LogP contribution is -2.33. The number of rotatable bonds is 10. The second kappa shape index (κ2) is 12.4. The standard InChI is InChI=1S/C18H23N3O3S.ClH/c1-24-11-10-19-8-9-20-17(22)15-6-4-14(5-7-15)13-21-18(23)16-3-2-12-25-16;/h2-7,12,19H,8-11,13H2,1H3,(H,20,22)(H,21,23);1H. The molecule has 0 aliphatic carbocycles. The highest BCUT2D eigenvalue weighted by Crippen LogP contribution is 2.09. The lowest BCUT2D eigenvalue weighted by molar-refractivity contribution is 0.0945. The van der Waals surface area contributed by atoms with Crippen LogP contribution in [0.25, 0.3) is 0 Å². The Hall–Kier alpha value is -1.93. The third-order valence-electron chi connectivity index (χ3n) is 3.48. The molecule has 1 aromatic carbocycles. The first kappa shape index (κ1) is 22.1. The summed E-state index contributed by atoms with van der Waals surface area (Å²) in [4.78, 5) is 24.6. The Kier molecular flexibility index (Phi) is 10.6. The van der Waals surface area contributed by atoms with Crippen LogP contribution in [0.2, 0.25) is 0 Å². The number of benzene rings is 1. The molecule has 142 valence electrons. The van der Waals surface area contributed by atoms with Gasteiger partial charge in [-0.2, -0.15) is 0 Å². The van der Waals surface area contributed by atoms with E-state index in [2.05, 4.69) is 16.0 Å². The summed E-state index contributed by atoms with van der Waals surface area (Å²) in [6.45, 7) is 3.10. The number of halogens is 1. The fourth-order valence-electron chi connectivity index (χ4n) is 2.12. The van der Waals surface area contributed by atoms with E-state index in [9.17, 15) is 9.59 Å². The molecule has 2 amide bonds. The van der Waals surface area contributed by atoms with Gasteiger partial charge in [0.05, 0.1) is 11.5 Å². The van der Waals surface area contributed by atoms with Crippen LogP contribution in [0.15, 0.2) is 41.8 Å². The SMILES string of the molecule is COCCNCCNC(=O)c1ccc(CNC(=O)c2cccs2)cc1.Cl. The smallest absolute Gasteiger partial charge is 0.261 e. The van der Waals surface area contributed by atoms with E-state index in [1.807, 2.05) is 23.6 Å². The van der Waals surface area contributed by atoms with E-state index in [4.69, 9.17) is 4.74 Å². The Labute approximate surface area is 163 Å². The summed E-state index contributed by atoms with van der Waals surface area (Å²) < 4.78 is 4.93. The lowest BCUT2D eigenvalue weighted by Gasteiger charge is -2.08. The van der Waals surface area contributed by atoms with Gasteiger partial charge in [-0.25, -0.2) is 0 Å². The molecule has 0 radical (unpaired) electrons. The summed E-state index contributed by atoms with van der Waals surface area (Å²) in [5.74, 6) is -0.194. The quantitative estimate of drug-likeness (QED) is 0.536. The number of hydrogen-bond acceptors (Lipinski definition) is 5. The van der Waals surface area contributed by atoms with Gasteiger partial charge in [-0.1, -0.05) is 18.2 Å². The zero-order valence-corrected chi connectivity index (χ0v) is 16.3. The fraction of sp³-hybridized carbons (Fsp3) is 0.333. The van der Waals surface area contributed by atoms with Gasteiger partial charge in [-0.05, 0) is 29.1 Å². The topological polar surface area (TPSA) is 79.5 Å². The summed E-state index contributed by atoms with van der Waals surface area (Å²) >= 11 is 1.41. The number of amides is 2. The van der Waals surface area contributed by atoms with Gasteiger partial charge in [-0.15, -0.1) is 23.7 Å². The minimum Gasteiger partial charge on any atom is -0.383 e. The molecule has 2 rings (SSSR count). The maximum Gasteiger partial charge on any atom is 0.261 e. The van der Waals surface area contributed by atoms with Crippen LogP contribution >= 0.6 is 23.7 Å². The molecular weight excluding hydrogens is 374 g/mol. The van der Waals surface area contributed by atoms with E-state index < -0.39 is 0 Å². The monoisotopic (exact) mass is 397 g/mol. The highest BCUT2D eigenvalue weighted by Gasteiger charge is 2.07. The van der Waals surface area contributed by atoms with Crippen LogP contribution in [0.4, 0.5) is 0 Å². The average molecular weight is 398 g/mol. The minimum absolute atomic E-state index is 0. The first-order chi connectivity index (χ1) is 12.2. The van der Waals surface area contributed by atoms with Crippen molar-refractivity contribution in [3.05, 3.63) is 57.8 Å². The molecule has 8 heteroatoms. The first-order valence-electron chi connectivity index (χ1n) is 8.09. The van der Waals surface area contributed by atoms with Gasteiger partial charge in [-0.3, -0.25) is 9.59 Å². The molecule has 0 unspecified atom stereocenters. The summed E-state index contributed by atoms with van der Waals surface area (Å²) in [5.41, 5.74) is 1.55. The third-order valence-corrected chi connectivity index (χ3v) is 4.35. The molecule has 26 heavy (non-hydrogen) atoms. The number of thiophene rings is 1. The normalized spacial score (nSPS) is 10.0. The van der Waals surface area contributed by atoms with Crippen LogP contribution < -0.4 is 16.0 Å². The van der Waals surface area contributed by atoms with E-state index in [0.717, 1.165) is 12.1 Å². The second-order valence-electron chi connectivity index (χ2n) is 5.36. The molecule has 1 heterocycles. The summed E-state index contributed by atoms with van der Waals surface area (Å²) in [6.07, 6.45) is 0. The van der Waals surface area contributed by atoms with Gasteiger partial charge in [0.1, 0.15) is 0 Å². The number of carbonyl (C=O) groups excluding carboxylic acids is 2. The van der Waals surface area contributed by atoms with Crippen molar-refractivity contribution in [2.24, 2.45) is 0 Å². The summed E-state index contributed by atoms with van der Waals surface area (Å²) in [7, 11) is 1.65. The average Bonchev–Trinajstić information content (AvgIpc) is 3.17. The predicted octanol–water partition coefficient (Wildman–Crippen LogP) is 2.07. The lowest BCUT2D eigenvalue weighted by atomic mass is 10.1. The second-order valence-corrected chi connectivity index (χ2v) is 6.30. The zero-order chi connectivity index (χ0) is 17.9. The van der Waals surface area contributed by atoms with Crippen LogP contribution in [0, 0.1) is 0 Å². The molecule has 0 fully saturated rings. The van der Waals surface area contributed by atoms with Crippen molar-refractivity contribution >= 4 is 35.6 Å². The molecule has 1 aromatic heterocycles. The molecule has 0 spiro atoms. The predicted molar refractivity (Wildman–Crippen MR) is 106 cm³/mol. The molecule has 2 aromatic rings. The minimum atomic E-state index is -0.109. The van der Waals surface area contributed by atoms with Crippen LogP contribution in [0.1, 0.15) is 25.6 Å². The number of nitrogens with one attached hydrogen (secondary N) is 3.